The Morgan fingerprint density at radius 3 is 2.28 bits per heavy atom. The SMILES string of the molecule is C=C/C=C1/C[C@H]2C=N[C@@H]3CC(OC[C@H]4CC(COC5=C(OC)C[C@H]6C(=O)N7[C@H](CN[C@H]6C5)C/C(=C/C=C)[C@@H]7CC)=C[C@@H](N(CCOCCOCCOC)CC(C)(C)S(C)=S)C4)=C(OC)C[C@@H]3C(=O)N2/C1=C/C. The van der Waals surface area contributed by atoms with Gasteiger partial charge >= 0.3 is 0 Å². The van der Waals surface area contributed by atoms with Crippen molar-refractivity contribution in [1.82, 2.24) is 20.0 Å². The largest absolute Gasteiger partial charge is 0.498 e. The molecule has 7 aliphatic rings. The highest BCUT2D eigenvalue weighted by atomic mass is 32.8. The van der Waals surface area contributed by atoms with Crippen molar-refractivity contribution in [2.45, 2.75) is 126 Å². The molecule has 3 saturated heterocycles. The number of carbonyl (C=O) groups is 2. The Kier molecular flexibility index (Phi) is 20.2. The van der Waals surface area contributed by atoms with E-state index in [-0.39, 0.29) is 80.0 Å². The van der Waals surface area contributed by atoms with Gasteiger partial charge in [0.15, 0.2) is 0 Å². The number of allylic oxidation sites excluding steroid dienone is 8. The molecule has 72 heavy (non-hydrogen) atoms. The Bertz CT molecular complexity index is 2220. The maximum Gasteiger partial charge on any atom is 0.233 e. The van der Waals surface area contributed by atoms with Gasteiger partial charge < -0.3 is 48.3 Å². The van der Waals surface area contributed by atoms with E-state index in [9.17, 15) is 9.59 Å². The number of nitrogens with zero attached hydrogens (tertiary/aromatic N) is 4. The summed E-state index contributed by atoms with van der Waals surface area (Å²) in [6, 6.07) is -0.175. The first-order valence-corrected chi connectivity index (χ1v) is 28.8. The van der Waals surface area contributed by atoms with E-state index in [4.69, 9.17) is 49.3 Å². The van der Waals surface area contributed by atoms with E-state index in [0.717, 1.165) is 67.3 Å². The van der Waals surface area contributed by atoms with Gasteiger partial charge in [-0.25, -0.2) is 0 Å². The van der Waals surface area contributed by atoms with Gasteiger partial charge in [0.1, 0.15) is 29.6 Å². The molecule has 7 rings (SSSR count). The van der Waals surface area contributed by atoms with E-state index in [1.807, 2.05) is 36.3 Å². The zero-order valence-electron chi connectivity index (χ0n) is 44.4. The minimum atomic E-state index is -0.355. The van der Waals surface area contributed by atoms with Crippen molar-refractivity contribution in [3.63, 3.8) is 0 Å². The molecule has 4 aliphatic heterocycles. The van der Waals surface area contributed by atoms with Crippen LogP contribution < -0.4 is 5.32 Å². The molecule has 0 bridgehead atoms. The molecule has 0 spiro atoms. The lowest BCUT2D eigenvalue weighted by Gasteiger charge is -2.41. The molecule has 3 aliphatic carbocycles. The van der Waals surface area contributed by atoms with Crippen molar-refractivity contribution in [3.05, 3.63) is 95.1 Å². The number of aliphatic imine (C=N–C) groups is 1. The molecule has 3 fully saturated rings. The van der Waals surface area contributed by atoms with E-state index < -0.39 is 0 Å². The van der Waals surface area contributed by atoms with Crippen molar-refractivity contribution in [2.75, 3.05) is 93.5 Å². The normalized spacial score (nSPS) is 30.8. The van der Waals surface area contributed by atoms with E-state index in [0.29, 0.717) is 90.7 Å². The van der Waals surface area contributed by atoms with Crippen molar-refractivity contribution in [1.29, 1.82) is 0 Å². The molecule has 0 saturated carbocycles. The second kappa shape index (κ2) is 26.0. The average Bonchev–Trinajstić information content (AvgIpc) is 3.83. The van der Waals surface area contributed by atoms with Gasteiger partial charge in [-0.05, 0) is 75.3 Å². The summed E-state index contributed by atoms with van der Waals surface area (Å²) in [5.74, 6) is 2.82. The van der Waals surface area contributed by atoms with Crippen molar-refractivity contribution >= 4 is 38.7 Å². The highest BCUT2D eigenvalue weighted by Gasteiger charge is 2.49. The van der Waals surface area contributed by atoms with Gasteiger partial charge in [-0.15, -0.1) is 9.45 Å². The van der Waals surface area contributed by atoms with E-state index in [1.165, 1.54) is 11.1 Å². The summed E-state index contributed by atoms with van der Waals surface area (Å²) in [7, 11) is 4.77. The number of hydrogen-bond acceptors (Lipinski definition) is 13. The molecule has 0 radical (unpaired) electrons. The molecule has 4 heterocycles. The third kappa shape index (κ3) is 12.9. The molecule has 16 heteroatoms. The summed E-state index contributed by atoms with van der Waals surface area (Å²) in [6.45, 7) is 22.2. The van der Waals surface area contributed by atoms with Crippen LogP contribution in [0.3, 0.4) is 0 Å². The Balaban J connectivity index is 1.10. The predicted molar refractivity (Wildman–Crippen MR) is 289 cm³/mol. The molecule has 0 aromatic rings. The highest BCUT2D eigenvalue weighted by molar-refractivity contribution is 8.29. The number of ether oxygens (including phenoxy) is 7. The standard InChI is InChI=1S/C56H83N5O9S2/c1-11-15-39-26-42-32-57-46-30-52(50(65-8)28-44(46)54(62)60(42)48(39)13-3)69-34-37-23-38(25-41(24-37)59(36-56(5,6)72(10)71)17-18-67-21-22-68-20-19-64-7)35-70-53-31-47-45(29-51(53)66-9)55(63)61-43(33-58-47)27-40(16-12-2)49(61)14-4/h11-13,15-16,25,32,37,41-47,49,58H,1-2,14,17-24,26-31,33-36H2,3-10H3/b39-15-,40-16-,48-13+/t37-,41-,42-,43-,44-,45+,46+,47-,49-,72?/m0/s1. The fourth-order valence-electron chi connectivity index (χ4n) is 11.9. The fourth-order valence-corrected chi connectivity index (χ4v) is 12.4. The molecule has 2 amide bonds. The Morgan fingerprint density at radius 2 is 1.60 bits per heavy atom. The first-order valence-electron chi connectivity index (χ1n) is 26.2. The lowest BCUT2D eigenvalue weighted by Crippen LogP contribution is -2.48. The molecule has 0 aromatic heterocycles. The number of methoxy groups -OCH3 is 3. The maximum absolute atomic E-state index is 14.4. The molecule has 14 nitrogen and oxygen atoms in total. The second-order valence-electron chi connectivity index (χ2n) is 20.8. The quantitative estimate of drug-likeness (QED) is 0.0771. The van der Waals surface area contributed by atoms with Crippen LogP contribution in [0.25, 0.3) is 0 Å². The molecular weight excluding hydrogens is 951 g/mol. The predicted octanol–water partition coefficient (Wildman–Crippen LogP) is 7.26. The van der Waals surface area contributed by atoms with E-state index >= 15 is 0 Å². The first-order chi connectivity index (χ1) is 34.8. The summed E-state index contributed by atoms with van der Waals surface area (Å²) in [4.78, 5) is 40.5. The number of amides is 2. The minimum Gasteiger partial charge on any atom is -0.498 e. The minimum absolute atomic E-state index is 0.0557. The number of carbonyl (C=O) groups excluding carboxylic acids is 2. The Hall–Kier alpha value is -3.90. The van der Waals surface area contributed by atoms with E-state index in [1.54, 1.807) is 27.4 Å². The van der Waals surface area contributed by atoms with Crippen LogP contribution in [0, 0.1) is 17.8 Å². The molecule has 1 N–H and O–H groups in total. The number of rotatable bonds is 24. The Morgan fingerprint density at radius 1 is 0.889 bits per heavy atom. The van der Waals surface area contributed by atoms with Gasteiger partial charge in [0, 0.05) is 93.6 Å². The highest BCUT2D eigenvalue weighted by Crippen LogP contribution is 2.43. The molecule has 10 atom stereocenters. The summed E-state index contributed by atoms with van der Waals surface area (Å²) in [6.07, 6.45) is 22.3. The van der Waals surface area contributed by atoms with Crippen LogP contribution in [0.1, 0.15) is 85.5 Å². The molecule has 398 valence electrons. The first kappa shape index (κ1) is 55.8. The summed E-state index contributed by atoms with van der Waals surface area (Å²) >= 11 is 5.95. The van der Waals surface area contributed by atoms with Gasteiger partial charge in [-0.3, -0.25) is 19.5 Å². The Labute approximate surface area is 437 Å². The van der Waals surface area contributed by atoms with Crippen molar-refractivity contribution in [2.24, 2.45) is 22.7 Å². The third-order valence-electron chi connectivity index (χ3n) is 15.8. The van der Waals surface area contributed by atoms with Gasteiger partial charge in [-0.1, -0.05) is 67.7 Å². The van der Waals surface area contributed by atoms with Gasteiger partial charge in [0.05, 0.1) is 83.8 Å². The number of fused-ring (bicyclic) bond motifs is 4. The summed E-state index contributed by atoms with van der Waals surface area (Å²) < 4.78 is 42.7. The van der Waals surface area contributed by atoms with Gasteiger partial charge in [0.2, 0.25) is 11.8 Å². The molecule has 1 unspecified atom stereocenters. The number of hydrogen-bond donors (Lipinski definition) is 1. The van der Waals surface area contributed by atoms with Crippen molar-refractivity contribution in [3.8, 4) is 0 Å². The van der Waals surface area contributed by atoms with Crippen LogP contribution in [0.4, 0.5) is 0 Å². The van der Waals surface area contributed by atoms with Gasteiger partial charge in [0.25, 0.3) is 0 Å². The topological polar surface area (TPSA) is 133 Å². The zero-order valence-corrected chi connectivity index (χ0v) is 46.0. The molecule has 0 aromatic carbocycles. The van der Waals surface area contributed by atoms with Crippen LogP contribution in [0.5, 0.6) is 0 Å². The average molecular weight is 1030 g/mol. The summed E-state index contributed by atoms with van der Waals surface area (Å²) in [5.41, 5.74) is 4.49. The van der Waals surface area contributed by atoms with Crippen LogP contribution in [-0.2, 0) is 63.4 Å². The maximum atomic E-state index is 14.4. The summed E-state index contributed by atoms with van der Waals surface area (Å²) in [5, 5.41) is 3.80. The van der Waals surface area contributed by atoms with Crippen molar-refractivity contribution < 1.29 is 42.7 Å². The zero-order chi connectivity index (χ0) is 51.5. The lowest BCUT2D eigenvalue weighted by atomic mass is 9.84. The smallest absolute Gasteiger partial charge is 0.233 e. The molecular formula is C56H83N5O9S2. The fraction of sp³-hybridized carbons (Fsp3) is 0.661. The third-order valence-corrected chi connectivity index (χ3v) is 18.8. The van der Waals surface area contributed by atoms with Crippen LogP contribution in [-0.4, -0.2) is 167 Å². The van der Waals surface area contributed by atoms with Gasteiger partial charge in [-0.2, -0.15) is 0 Å². The van der Waals surface area contributed by atoms with E-state index in [2.05, 4.69) is 67.5 Å². The lowest BCUT2D eigenvalue weighted by molar-refractivity contribution is -0.138. The van der Waals surface area contributed by atoms with Crippen LogP contribution in [0.15, 0.2) is 100 Å². The van der Waals surface area contributed by atoms with Crippen LogP contribution in [0.2, 0.25) is 0 Å². The monoisotopic (exact) mass is 1030 g/mol. The number of nitrogens with one attached hydrogen (secondary N) is 1. The second-order valence-corrected chi connectivity index (χ2v) is 24.3. The van der Waals surface area contributed by atoms with Crippen LogP contribution >= 0.6 is 0 Å².